The molecular formula is C16H24N4O. The Hall–Kier alpha value is -1.75. The molecule has 2 rings (SSSR count). The first-order valence-electron chi connectivity index (χ1n) is 7.59. The molecule has 2 heterocycles. The highest BCUT2D eigenvalue weighted by atomic mass is 16.5. The number of nitrogens with one attached hydrogen (secondary N) is 1. The van der Waals surface area contributed by atoms with E-state index in [-0.39, 0.29) is 0 Å². The van der Waals surface area contributed by atoms with Gasteiger partial charge in [0.2, 0.25) is 11.7 Å². The molecule has 5 heteroatoms. The summed E-state index contributed by atoms with van der Waals surface area (Å²) in [6.07, 6.45) is 3.61. The third-order valence-electron chi connectivity index (χ3n) is 3.55. The molecule has 0 aliphatic heterocycles. The smallest absolute Gasteiger partial charge is 0.228 e. The zero-order valence-electron chi connectivity index (χ0n) is 13.3. The third-order valence-corrected chi connectivity index (χ3v) is 3.55. The molecule has 1 atom stereocenters. The first-order chi connectivity index (χ1) is 10.1. The molecule has 1 N–H and O–H groups in total. The second-order valence-corrected chi connectivity index (χ2v) is 5.69. The number of hydrogen-bond donors (Lipinski definition) is 1. The Morgan fingerprint density at radius 1 is 1.33 bits per heavy atom. The molecule has 0 aliphatic rings. The maximum atomic E-state index is 5.39. The Morgan fingerprint density at radius 3 is 2.81 bits per heavy atom. The van der Waals surface area contributed by atoms with Crippen LogP contribution in [0.2, 0.25) is 0 Å². The van der Waals surface area contributed by atoms with E-state index in [0.717, 1.165) is 30.6 Å². The van der Waals surface area contributed by atoms with Gasteiger partial charge in [0, 0.05) is 18.7 Å². The zero-order chi connectivity index (χ0) is 15.2. The molecular weight excluding hydrogens is 264 g/mol. The highest BCUT2D eigenvalue weighted by molar-refractivity contribution is 5.53. The van der Waals surface area contributed by atoms with Gasteiger partial charge in [-0.05, 0) is 37.4 Å². The highest BCUT2D eigenvalue weighted by Crippen LogP contribution is 2.18. The second kappa shape index (κ2) is 7.31. The van der Waals surface area contributed by atoms with Crippen molar-refractivity contribution in [2.45, 2.75) is 46.6 Å². The molecule has 0 bridgehead atoms. The van der Waals surface area contributed by atoms with Crippen molar-refractivity contribution in [2.24, 2.45) is 5.92 Å². The predicted molar refractivity (Wildman–Crippen MR) is 82.9 cm³/mol. The van der Waals surface area contributed by atoms with Gasteiger partial charge in [-0.1, -0.05) is 32.0 Å². The maximum Gasteiger partial charge on any atom is 0.228 e. The average Bonchev–Trinajstić information content (AvgIpc) is 2.92. The minimum Gasteiger partial charge on any atom is -0.339 e. The third kappa shape index (κ3) is 4.11. The summed E-state index contributed by atoms with van der Waals surface area (Å²) < 4.78 is 5.39. The molecule has 0 spiro atoms. The van der Waals surface area contributed by atoms with Gasteiger partial charge in [0.15, 0.2) is 0 Å². The number of aryl methyl sites for hydroxylation is 1. The van der Waals surface area contributed by atoms with Gasteiger partial charge < -0.3 is 9.84 Å². The molecule has 2 aromatic rings. The van der Waals surface area contributed by atoms with Crippen molar-refractivity contribution in [2.75, 3.05) is 6.54 Å². The fourth-order valence-corrected chi connectivity index (χ4v) is 2.22. The lowest BCUT2D eigenvalue weighted by Crippen LogP contribution is -2.36. The average molecular weight is 288 g/mol. The predicted octanol–water partition coefficient (Wildman–Crippen LogP) is 3.01. The minimum atomic E-state index is 0.350. The number of pyridine rings is 1. The Balaban J connectivity index is 2.10. The molecule has 0 saturated heterocycles. The normalized spacial score (nSPS) is 12.8. The van der Waals surface area contributed by atoms with Crippen molar-refractivity contribution < 1.29 is 4.52 Å². The lowest BCUT2D eigenvalue weighted by molar-refractivity contribution is 0.326. The van der Waals surface area contributed by atoms with Crippen LogP contribution in [0, 0.1) is 12.8 Å². The quantitative estimate of drug-likeness (QED) is 0.848. The molecule has 0 aromatic carbocycles. The Kier molecular flexibility index (Phi) is 5.44. The number of rotatable bonds is 7. The van der Waals surface area contributed by atoms with Crippen LogP contribution in [-0.4, -0.2) is 27.7 Å². The van der Waals surface area contributed by atoms with E-state index in [1.165, 1.54) is 0 Å². The van der Waals surface area contributed by atoms with Crippen LogP contribution in [0.4, 0.5) is 0 Å². The summed E-state index contributed by atoms with van der Waals surface area (Å²) in [5, 5.41) is 7.60. The SMILES string of the molecule is CCCNC(Cc1nc(-c2ncccc2C)no1)C(C)C. The van der Waals surface area contributed by atoms with E-state index in [1.54, 1.807) is 6.20 Å². The van der Waals surface area contributed by atoms with Gasteiger partial charge in [-0.3, -0.25) is 4.98 Å². The van der Waals surface area contributed by atoms with Gasteiger partial charge in [0.25, 0.3) is 0 Å². The minimum absolute atomic E-state index is 0.350. The van der Waals surface area contributed by atoms with Crippen molar-refractivity contribution in [1.82, 2.24) is 20.4 Å². The van der Waals surface area contributed by atoms with Crippen molar-refractivity contribution in [3.05, 3.63) is 29.8 Å². The van der Waals surface area contributed by atoms with Crippen LogP contribution in [0.1, 0.15) is 38.6 Å². The maximum absolute atomic E-state index is 5.39. The van der Waals surface area contributed by atoms with Crippen LogP contribution >= 0.6 is 0 Å². The van der Waals surface area contributed by atoms with E-state index in [1.807, 2.05) is 19.1 Å². The summed E-state index contributed by atoms with van der Waals surface area (Å²) in [4.78, 5) is 8.82. The number of aromatic nitrogens is 3. The fraction of sp³-hybridized carbons (Fsp3) is 0.562. The topological polar surface area (TPSA) is 63.8 Å². The molecule has 5 nitrogen and oxygen atoms in total. The molecule has 114 valence electrons. The lowest BCUT2D eigenvalue weighted by Gasteiger charge is -2.20. The van der Waals surface area contributed by atoms with E-state index >= 15 is 0 Å². The molecule has 0 saturated carbocycles. The van der Waals surface area contributed by atoms with Gasteiger partial charge in [0.1, 0.15) is 5.69 Å². The van der Waals surface area contributed by atoms with Crippen molar-refractivity contribution in [3.63, 3.8) is 0 Å². The molecule has 0 fully saturated rings. The molecule has 0 radical (unpaired) electrons. The van der Waals surface area contributed by atoms with Crippen molar-refractivity contribution in [1.29, 1.82) is 0 Å². The summed E-state index contributed by atoms with van der Waals surface area (Å²) in [5.74, 6) is 1.75. The first-order valence-corrected chi connectivity index (χ1v) is 7.59. The van der Waals surface area contributed by atoms with E-state index < -0.39 is 0 Å². The van der Waals surface area contributed by atoms with E-state index in [0.29, 0.717) is 23.7 Å². The zero-order valence-corrected chi connectivity index (χ0v) is 13.3. The van der Waals surface area contributed by atoms with Crippen LogP contribution in [0.3, 0.4) is 0 Å². The summed E-state index contributed by atoms with van der Waals surface area (Å²) in [6.45, 7) is 9.57. The Bertz CT molecular complexity index is 565. The van der Waals surface area contributed by atoms with Crippen LogP contribution in [-0.2, 0) is 6.42 Å². The highest BCUT2D eigenvalue weighted by Gasteiger charge is 2.18. The first kappa shape index (κ1) is 15.6. The summed E-state index contributed by atoms with van der Waals surface area (Å²) in [5.41, 5.74) is 1.84. The molecule has 1 unspecified atom stereocenters. The van der Waals surface area contributed by atoms with E-state index in [9.17, 15) is 0 Å². The van der Waals surface area contributed by atoms with Crippen LogP contribution < -0.4 is 5.32 Å². The van der Waals surface area contributed by atoms with E-state index in [2.05, 4.69) is 41.2 Å². The second-order valence-electron chi connectivity index (χ2n) is 5.69. The van der Waals surface area contributed by atoms with Gasteiger partial charge in [0.05, 0.1) is 0 Å². The standard InChI is InChI=1S/C16H24N4O/c1-5-8-17-13(11(2)3)10-14-19-16(20-21-14)15-12(4)7-6-9-18-15/h6-7,9,11,13,17H,5,8,10H2,1-4H3. The van der Waals surface area contributed by atoms with Gasteiger partial charge >= 0.3 is 0 Å². The molecule has 21 heavy (non-hydrogen) atoms. The van der Waals surface area contributed by atoms with Gasteiger partial charge in [-0.2, -0.15) is 4.98 Å². The number of nitrogens with zero attached hydrogens (tertiary/aromatic N) is 3. The summed E-state index contributed by atoms with van der Waals surface area (Å²) in [6, 6.07) is 4.25. The Labute approximate surface area is 126 Å². The largest absolute Gasteiger partial charge is 0.339 e. The van der Waals surface area contributed by atoms with Gasteiger partial charge in [-0.15, -0.1) is 0 Å². The van der Waals surface area contributed by atoms with E-state index in [4.69, 9.17) is 4.52 Å². The molecule has 0 aliphatic carbocycles. The fourth-order valence-electron chi connectivity index (χ4n) is 2.22. The van der Waals surface area contributed by atoms with Crippen molar-refractivity contribution in [3.8, 4) is 11.5 Å². The monoisotopic (exact) mass is 288 g/mol. The van der Waals surface area contributed by atoms with Gasteiger partial charge in [-0.25, -0.2) is 0 Å². The van der Waals surface area contributed by atoms with Crippen LogP contribution in [0.15, 0.2) is 22.9 Å². The summed E-state index contributed by atoms with van der Waals surface area (Å²) in [7, 11) is 0. The molecule has 0 amide bonds. The lowest BCUT2D eigenvalue weighted by atomic mass is 10.0. The Morgan fingerprint density at radius 2 is 2.14 bits per heavy atom. The van der Waals surface area contributed by atoms with Crippen molar-refractivity contribution >= 4 is 0 Å². The van der Waals surface area contributed by atoms with Crippen LogP contribution in [0.5, 0.6) is 0 Å². The van der Waals surface area contributed by atoms with Crippen LogP contribution in [0.25, 0.3) is 11.5 Å². The summed E-state index contributed by atoms with van der Waals surface area (Å²) >= 11 is 0. The number of hydrogen-bond acceptors (Lipinski definition) is 5. The molecule has 2 aromatic heterocycles.